The van der Waals surface area contributed by atoms with E-state index in [2.05, 4.69) is 205 Å². The van der Waals surface area contributed by atoms with E-state index in [0.29, 0.717) is 0 Å². The van der Waals surface area contributed by atoms with Gasteiger partial charge in [-0.1, -0.05) is 140 Å². The van der Waals surface area contributed by atoms with Crippen molar-refractivity contribution in [3.05, 3.63) is 200 Å². The largest absolute Gasteiger partial charge is 0.455 e. The smallest absolute Gasteiger partial charge is 0.143 e. The molecular weight excluding hydrogens is 695 g/mol. The predicted molar refractivity (Wildman–Crippen MR) is 239 cm³/mol. The first-order chi connectivity index (χ1) is 28.2. The van der Waals surface area contributed by atoms with Crippen LogP contribution in [0.25, 0.3) is 98.4 Å². The maximum Gasteiger partial charge on any atom is 0.143 e. The van der Waals surface area contributed by atoms with Gasteiger partial charge in [-0.3, -0.25) is 0 Å². The van der Waals surface area contributed by atoms with Crippen LogP contribution in [0.1, 0.15) is 0 Å². The molecule has 0 atom stereocenters. The molecule has 10 aromatic carbocycles. The Kier molecular flexibility index (Phi) is 6.93. The Morgan fingerprint density at radius 3 is 1.56 bits per heavy atom. The van der Waals surface area contributed by atoms with E-state index in [4.69, 9.17) is 8.83 Å². The van der Waals surface area contributed by atoms with Crippen molar-refractivity contribution in [2.45, 2.75) is 0 Å². The summed E-state index contributed by atoms with van der Waals surface area (Å²) in [6.07, 6.45) is 0. The lowest BCUT2D eigenvalue weighted by molar-refractivity contribution is 0.672. The number of rotatable bonds is 5. The molecule has 0 spiro atoms. The summed E-state index contributed by atoms with van der Waals surface area (Å²) >= 11 is 0. The molecule has 0 aliphatic rings. The van der Waals surface area contributed by atoms with Crippen molar-refractivity contribution >= 4 is 93.3 Å². The lowest BCUT2D eigenvalue weighted by Gasteiger charge is -2.27. The molecule has 3 heteroatoms. The first kappa shape index (κ1) is 31.7. The third kappa shape index (κ3) is 4.99. The van der Waals surface area contributed by atoms with Gasteiger partial charge < -0.3 is 13.7 Å². The molecule has 0 aliphatic carbocycles. The lowest BCUT2D eigenvalue weighted by atomic mass is 9.97. The highest BCUT2D eigenvalue weighted by atomic mass is 16.3. The summed E-state index contributed by atoms with van der Waals surface area (Å²) in [6, 6.07) is 71.6. The van der Waals surface area contributed by atoms with Gasteiger partial charge in [0.2, 0.25) is 0 Å². The van der Waals surface area contributed by atoms with E-state index in [1.807, 2.05) is 0 Å². The molecule has 0 unspecified atom stereocenters. The highest BCUT2D eigenvalue weighted by Crippen LogP contribution is 2.46. The quantitative estimate of drug-likeness (QED) is 0.177. The standard InChI is InChI=1S/C54H33NO2/c1-2-14-37-31-39(26-25-34(37)11-1)38-15-7-17-41(32-38)55(48-22-10-24-50-52(48)47-30-28-36-13-4-6-20-45(36)54(47)57-50)42-18-8-16-40(33-42)43-21-9-23-49-51(43)46-29-27-35-12-3-5-19-44(35)53(46)56-49/h1-33H. The third-order valence-corrected chi connectivity index (χ3v) is 11.6. The van der Waals surface area contributed by atoms with Crippen LogP contribution in [-0.2, 0) is 0 Å². The molecule has 0 N–H and O–H groups in total. The number of nitrogens with zero attached hydrogens (tertiary/aromatic N) is 1. The van der Waals surface area contributed by atoms with Crippen LogP contribution in [0.5, 0.6) is 0 Å². The van der Waals surface area contributed by atoms with E-state index in [9.17, 15) is 0 Å². The average molecular weight is 728 g/mol. The maximum absolute atomic E-state index is 6.73. The summed E-state index contributed by atoms with van der Waals surface area (Å²) in [5.41, 5.74) is 11.3. The number of anilines is 3. The molecule has 0 amide bonds. The Bertz CT molecular complexity index is 3550. The predicted octanol–water partition coefficient (Wildman–Crippen LogP) is 15.7. The highest BCUT2D eigenvalue weighted by molar-refractivity contribution is 6.21. The van der Waals surface area contributed by atoms with E-state index >= 15 is 0 Å². The minimum Gasteiger partial charge on any atom is -0.455 e. The molecule has 12 aromatic rings. The summed E-state index contributed by atoms with van der Waals surface area (Å²) in [7, 11) is 0. The fourth-order valence-electron chi connectivity index (χ4n) is 8.95. The number of hydrogen-bond donors (Lipinski definition) is 0. The summed E-state index contributed by atoms with van der Waals surface area (Å²) in [6.45, 7) is 0. The van der Waals surface area contributed by atoms with Crippen LogP contribution in [0, 0.1) is 0 Å². The van der Waals surface area contributed by atoms with Gasteiger partial charge in [0.25, 0.3) is 0 Å². The zero-order valence-electron chi connectivity index (χ0n) is 30.8. The molecule has 266 valence electrons. The summed E-state index contributed by atoms with van der Waals surface area (Å²) in [4.78, 5) is 2.39. The fraction of sp³-hybridized carbons (Fsp3) is 0. The minimum atomic E-state index is 0.854. The minimum absolute atomic E-state index is 0.854. The van der Waals surface area contributed by atoms with Crippen LogP contribution < -0.4 is 4.90 Å². The number of furan rings is 2. The molecule has 0 radical (unpaired) electrons. The number of fused-ring (bicyclic) bond motifs is 11. The number of benzene rings is 10. The lowest BCUT2D eigenvalue weighted by Crippen LogP contribution is -2.10. The summed E-state index contributed by atoms with van der Waals surface area (Å²) < 4.78 is 13.3. The van der Waals surface area contributed by atoms with Gasteiger partial charge in [0.1, 0.15) is 22.3 Å². The Morgan fingerprint density at radius 2 is 0.842 bits per heavy atom. The van der Waals surface area contributed by atoms with Gasteiger partial charge in [0.05, 0.1) is 11.1 Å². The van der Waals surface area contributed by atoms with E-state index in [1.54, 1.807) is 0 Å². The van der Waals surface area contributed by atoms with E-state index < -0.39 is 0 Å². The topological polar surface area (TPSA) is 29.5 Å². The third-order valence-electron chi connectivity index (χ3n) is 11.6. The van der Waals surface area contributed by atoms with Crippen LogP contribution in [0.15, 0.2) is 209 Å². The highest BCUT2D eigenvalue weighted by Gasteiger charge is 2.22. The Hall–Kier alpha value is -7.62. The van der Waals surface area contributed by atoms with Crippen molar-refractivity contribution in [3.63, 3.8) is 0 Å². The number of hydrogen-bond acceptors (Lipinski definition) is 3. The summed E-state index contributed by atoms with van der Waals surface area (Å²) in [5, 5.41) is 11.4. The van der Waals surface area contributed by atoms with E-state index in [-0.39, 0.29) is 0 Å². The molecule has 57 heavy (non-hydrogen) atoms. The Labute approximate surface area is 328 Å². The van der Waals surface area contributed by atoms with Gasteiger partial charge in [0.15, 0.2) is 0 Å². The molecule has 2 heterocycles. The second-order valence-electron chi connectivity index (χ2n) is 14.9. The molecule has 12 rings (SSSR count). The van der Waals surface area contributed by atoms with Crippen molar-refractivity contribution in [2.75, 3.05) is 4.90 Å². The van der Waals surface area contributed by atoms with Crippen molar-refractivity contribution in [2.24, 2.45) is 0 Å². The maximum atomic E-state index is 6.73. The van der Waals surface area contributed by atoms with Crippen LogP contribution in [-0.4, -0.2) is 0 Å². The normalized spacial score (nSPS) is 11.9. The Morgan fingerprint density at radius 1 is 0.316 bits per heavy atom. The SMILES string of the molecule is c1cc(-c2ccc3ccccc3c2)cc(N(c2cccc(-c3cccc4oc5c6ccccc6ccc5c34)c2)c2cccc3oc4c5ccccc5ccc4c23)c1. The van der Waals surface area contributed by atoms with E-state index in [1.165, 1.54) is 21.7 Å². The second kappa shape index (κ2) is 12.5. The van der Waals surface area contributed by atoms with Gasteiger partial charge in [0, 0.05) is 38.3 Å². The molecule has 0 fully saturated rings. The van der Waals surface area contributed by atoms with Gasteiger partial charge in [-0.25, -0.2) is 0 Å². The van der Waals surface area contributed by atoms with Crippen LogP contribution in [0.3, 0.4) is 0 Å². The Balaban J connectivity index is 1.09. The summed E-state index contributed by atoms with van der Waals surface area (Å²) in [5.74, 6) is 0. The molecule has 0 saturated carbocycles. The second-order valence-corrected chi connectivity index (χ2v) is 14.9. The van der Waals surface area contributed by atoms with Crippen LogP contribution in [0.4, 0.5) is 17.1 Å². The van der Waals surface area contributed by atoms with Gasteiger partial charge in [-0.2, -0.15) is 0 Å². The van der Waals surface area contributed by atoms with Crippen molar-refractivity contribution < 1.29 is 8.83 Å². The molecule has 0 bridgehead atoms. The fourth-order valence-corrected chi connectivity index (χ4v) is 8.95. The van der Waals surface area contributed by atoms with Gasteiger partial charge in [-0.05, 0) is 104 Å². The van der Waals surface area contributed by atoms with Crippen molar-refractivity contribution in [3.8, 4) is 22.3 Å². The zero-order valence-corrected chi connectivity index (χ0v) is 30.8. The molecule has 3 nitrogen and oxygen atoms in total. The van der Waals surface area contributed by atoms with Gasteiger partial charge in [-0.15, -0.1) is 0 Å². The molecule has 2 aromatic heterocycles. The zero-order chi connectivity index (χ0) is 37.5. The molecule has 0 saturated heterocycles. The molecule has 0 aliphatic heterocycles. The van der Waals surface area contributed by atoms with Crippen molar-refractivity contribution in [1.82, 2.24) is 0 Å². The van der Waals surface area contributed by atoms with Crippen LogP contribution in [0.2, 0.25) is 0 Å². The first-order valence-corrected chi connectivity index (χ1v) is 19.4. The van der Waals surface area contributed by atoms with Gasteiger partial charge >= 0.3 is 0 Å². The first-order valence-electron chi connectivity index (χ1n) is 19.4. The van der Waals surface area contributed by atoms with Crippen molar-refractivity contribution in [1.29, 1.82) is 0 Å². The van der Waals surface area contributed by atoms with E-state index in [0.717, 1.165) is 93.8 Å². The van der Waals surface area contributed by atoms with Crippen LogP contribution >= 0.6 is 0 Å². The molecular formula is C54H33NO2. The average Bonchev–Trinajstić information content (AvgIpc) is 3.86. The monoisotopic (exact) mass is 727 g/mol.